The summed E-state index contributed by atoms with van der Waals surface area (Å²) >= 11 is 0. The first-order chi connectivity index (χ1) is 10.9. The van der Waals surface area contributed by atoms with Gasteiger partial charge in [0.2, 0.25) is 11.8 Å². The number of rotatable bonds is 5. The van der Waals surface area contributed by atoms with Gasteiger partial charge in [-0.05, 0) is 46.0 Å². The lowest BCUT2D eigenvalue weighted by Gasteiger charge is -2.38. The Bertz CT molecular complexity index is 470. The zero-order valence-electron chi connectivity index (χ0n) is 14.2. The summed E-state index contributed by atoms with van der Waals surface area (Å²) in [4.78, 5) is 28.2. The predicted octanol–water partition coefficient (Wildman–Crippen LogP) is 1.33. The third kappa shape index (κ3) is 3.67. The highest BCUT2D eigenvalue weighted by Crippen LogP contribution is 2.31. The van der Waals surface area contributed by atoms with Crippen molar-refractivity contribution in [3.05, 3.63) is 0 Å². The molecule has 3 rings (SSSR count). The number of nitrogens with one attached hydrogen (secondary N) is 1. The number of carbonyl (C=O) groups is 2. The predicted molar refractivity (Wildman–Crippen MR) is 85.6 cm³/mol. The van der Waals surface area contributed by atoms with Gasteiger partial charge in [-0.2, -0.15) is 0 Å². The summed E-state index contributed by atoms with van der Waals surface area (Å²) in [6.45, 7) is 6.18. The summed E-state index contributed by atoms with van der Waals surface area (Å²) in [7, 11) is 0. The van der Waals surface area contributed by atoms with Gasteiger partial charge in [0.25, 0.3) is 0 Å². The fraction of sp³-hybridized carbons (Fsp3) is 0.882. The highest BCUT2D eigenvalue weighted by atomic mass is 19.1. The molecule has 0 aromatic rings. The third-order valence-corrected chi connectivity index (χ3v) is 5.50. The molecule has 1 saturated carbocycles. The van der Waals surface area contributed by atoms with E-state index in [-0.39, 0.29) is 36.4 Å². The number of hydrogen-bond donors (Lipinski definition) is 1. The summed E-state index contributed by atoms with van der Waals surface area (Å²) in [5.41, 5.74) is -1.32. The number of alkyl halides is 1. The van der Waals surface area contributed by atoms with Crippen molar-refractivity contribution < 1.29 is 14.0 Å². The molecule has 2 saturated heterocycles. The summed E-state index contributed by atoms with van der Waals surface area (Å²) in [6.07, 6.45) is 3.51. The van der Waals surface area contributed by atoms with E-state index in [9.17, 15) is 14.0 Å². The molecule has 1 aliphatic carbocycles. The minimum absolute atomic E-state index is 0.00278. The maximum absolute atomic E-state index is 14.8. The monoisotopic (exact) mass is 325 g/mol. The molecule has 0 spiro atoms. The smallest absolute Gasteiger partial charge is 0.240 e. The number of halogens is 1. The summed E-state index contributed by atoms with van der Waals surface area (Å²) in [6, 6.07) is 0.151. The first kappa shape index (κ1) is 16.7. The first-order valence-electron chi connectivity index (χ1n) is 8.91. The average molecular weight is 325 g/mol. The van der Waals surface area contributed by atoms with E-state index in [4.69, 9.17) is 0 Å². The Morgan fingerprint density at radius 2 is 1.91 bits per heavy atom. The fourth-order valence-corrected chi connectivity index (χ4v) is 3.69. The van der Waals surface area contributed by atoms with Crippen LogP contribution in [-0.4, -0.2) is 65.5 Å². The van der Waals surface area contributed by atoms with Crippen LogP contribution in [0.25, 0.3) is 0 Å². The van der Waals surface area contributed by atoms with Crippen molar-refractivity contribution in [1.29, 1.82) is 0 Å². The molecule has 0 radical (unpaired) electrons. The molecule has 2 heterocycles. The Hall–Kier alpha value is -1.17. The van der Waals surface area contributed by atoms with Gasteiger partial charge < -0.3 is 10.2 Å². The Kier molecular flexibility index (Phi) is 4.63. The minimum atomic E-state index is -1.32. The molecule has 0 bridgehead atoms. The van der Waals surface area contributed by atoms with Gasteiger partial charge >= 0.3 is 0 Å². The van der Waals surface area contributed by atoms with E-state index in [2.05, 4.69) is 10.2 Å². The van der Waals surface area contributed by atoms with Crippen LogP contribution >= 0.6 is 0 Å². The molecule has 1 unspecified atom stereocenters. The van der Waals surface area contributed by atoms with Crippen molar-refractivity contribution in [2.75, 3.05) is 26.2 Å². The number of carbonyl (C=O) groups excluding carboxylic acids is 2. The molecule has 0 aromatic carbocycles. The maximum Gasteiger partial charge on any atom is 0.240 e. The lowest BCUT2D eigenvalue weighted by molar-refractivity contribution is -0.134. The van der Waals surface area contributed by atoms with E-state index in [1.165, 1.54) is 0 Å². The van der Waals surface area contributed by atoms with Gasteiger partial charge in [0.1, 0.15) is 5.67 Å². The van der Waals surface area contributed by atoms with Crippen LogP contribution in [0.2, 0.25) is 0 Å². The molecular weight excluding hydrogens is 297 g/mol. The van der Waals surface area contributed by atoms with E-state index in [1.54, 1.807) is 0 Å². The van der Waals surface area contributed by atoms with Crippen LogP contribution in [0.5, 0.6) is 0 Å². The van der Waals surface area contributed by atoms with Crippen LogP contribution in [0, 0.1) is 5.92 Å². The zero-order valence-corrected chi connectivity index (χ0v) is 14.2. The van der Waals surface area contributed by atoms with Gasteiger partial charge in [0.05, 0.1) is 12.6 Å². The standard InChI is InChI=1S/C17H28FN3O2/c1-12(2)21-8-5-14(16(21)23)20-9-6-17(18,7-10-20)11-19-15(22)13-3-4-13/h12-14H,3-11H2,1-2H3,(H,19,22). The van der Waals surface area contributed by atoms with Crippen molar-refractivity contribution >= 4 is 11.8 Å². The average Bonchev–Trinajstić information content (AvgIpc) is 3.29. The molecule has 1 atom stereocenters. The van der Waals surface area contributed by atoms with Gasteiger partial charge in [-0.3, -0.25) is 14.5 Å². The van der Waals surface area contributed by atoms with Crippen LogP contribution in [-0.2, 0) is 9.59 Å². The molecular formula is C17H28FN3O2. The third-order valence-electron chi connectivity index (χ3n) is 5.50. The molecule has 3 fully saturated rings. The molecule has 3 aliphatic rings. The number of hydrogen-bond acceptors (Lipinski definition) is 3. The summed E-state index contributed by atoms with van der Waals surface area (Å²) in [5, 5.41) is 2.76. The summed E-state index contributed by atoms with van der Waals surface area (Å²) < 4.78 is 14.8. The van der Waals surface area contributed by atoms with E-state index >= 15 is 0 Å². The maximum atomic E-state index is 14.8. The van der Waals surface area contributed by atoms with Gasteiger partial charge in [-0.15, -0.1) is 0 Å². The van der Waals surface area contributed by atoms with Crippen LogP contribution < -0.4 is 5.32 Å². The Morgan fingerprint density at radius 1 is 1.26 bits per heavy atom. The second-order valence-corrected chi connectivity index (χ2v) is 7.61. The van der Waals surface area contributed by atoms with Gasteiger partial charge in [0, 0.05) is 31.6 Å². The highest BCUT2D eigenvalue weighted by molar-refractivity contribution is 5.84. The largest absolute Gasteiger partial charge is 0.353 e. The molecule has 130 valence electrons. The normalized spacial score (nSPS) is 28.4. The van der Waals surface area contributed by atoms with Gasteiger partial charge in [-0.1, -0.05) is 0 Å². The Morgan fingerprint density at radius 3 is 2.43 bits per heavy atom. The molecule has 0 aromatic heterocycles. The van der Waals surface area contributed by atoms with E-state index in [1.807, 2.05) is 18.7 Å². The highest BCUT2D eigenvalue weighted by Gasteiger charge is 2.42. The number of piperidine rings is 1. The SMILES string of the molecule is CC(C)N1CCC(N2CCC(F)(CNC(=O)C3CC3)CC2)C1=O. The van der Waals surface area contributed by atoms with Crippen molar-refractivity contribution in [1.82, 2.24) is 15.1 Å². The fourth-order valence-electron chi connectivity index (χ4n) is 3.69. The molecule has 2 amide bonds. The van der Waals surface area contributed by atoms with Crippen LogP contribution in [0.1, 0.15) is 46.0 Å². The van der Waals surface area contributed by atoms with Crippen molar-refractivity contribution in [3.8, 4) is 0 Å². The van der Waals surface area contributed by atoms with E-state index in [0.717, 1.165) is 25.8 Å². The van der Waals surface area contributed by atoms with Crippen LogP contribution in [0.15, 0.2) is 0 Å². The van der Waals surface area contributed by atoms with E-state index < -0.39 is 5.67 Å². The van der Waals surface area contributed by atoms with Gasteiger partial charge in [0.15, 0.2) is 0 Å². The second kappa shape index (κ2) is 6.38. The lowest BCUT2D eigenvalue weighted by Crippen LogP contribution is -2.52. The number of amides is 2. The van der Waals surface area contributed by atoms with E-state index in [0.29, 0.717) is 25.9 Å². The van der Waals surface area contributed by atoms with Crippen molar-refractivity contribution in [2.45, 2.75) is 63.7 Å². The quantitative estimate of drug-likeness (QED) is 0.830. The number of likely N-dealkylation sites (tertiary alicyclic amines) is 2. The Balaban J connectivity index is 1.48. The van der Waals surface area contributed by atoms with Crippen LogP contribution in [0.4, 0.5) is 4.39 Å². The molecule has 23 heavy (non-hydrogen) atoms. The summed E-state index contributed by atoms with van der Waals surface area (Å²) in [5.74, 6) is 0.313. The Labute approximate surface area is 137 Å². The molecule has 5 nitrogen and oxygen atoms in total. The van der Waals surface area contributed by atoms with Crippen molar-refractivity contribution in [3.63, 3.8) is 0 Å². The molecule has 6 heteroatoms. The lowest BCUT2D eigenvalue weighted by atomic mass is 9.92. The minimum Gasteiger partial charge on any atom is -0.353 e. The van der Waals surface area contributed by atoms with Crippen molar-refractivity contribution in [2.24, 2.45) is 5.92 Å². The topological polar surface area (TPSA) is 52.6 Å². The molecule has 2 aliphatic heterocycles. The molecule has 1 N–H and O–H groups in total. The zero-order chi connectivity index (χ0) is 16.6. The van der Waals surface area contributed by atoms with Crippen LogP contribution in [0.3, 0.4) is 0 Å². The van der Waals surface area contributed by atoms with Gasteiger partial charge in [-0.25, -0.2) is 4.39 Å². The second-order valence-electron chi connectivity index (χ2n) is 7.61. The number of nitrogens with zero attached hydrogens (tertiary/aromatic N) is 2. The first-order valence-corrected chi connectivity index (χ1v) is 8.91.